The van der Waals surface area contributed by atoms with E-state index in [1.165, 1.54) is 17.7 Å². The van der Waals surface area contributed by atoms with Gasteiger partial charge in [0.05, 0.1) is 0 Å². The van der Waals surface area contributed by atoms with Crippen molar-refractivity contribution in [1.29, 1.82) is 0 Å². The maximum Gasteiger partial charge on any atom is 0.253 e. The molecule has 7 nitrogen and oxygen atoms in total. The number of amides is 1. The van der Waals surface area contributed by atoms with Crippen molar-refractivity contribution in [2.45, 2.75) is 6.92 Å². The predicted molar refractivity (Wildman–Crippen MR) is 122 cm³/mol. The molecule has 2 N–H and O–H groups in total. The lowest BCUT2D eigenvalue weighted by Crippen LogP contribution is -2.21. The SMILES string of the molecule is Cc1ccc(Nc2ncnc3nc(Nc4ccc(C(=O)N(C)C)cc4)sc23)cc1Cl. The first-order valence-electron chi connectivity index (χ1n) is 9.14. The Morgan fingerprint density at radius 2 is 1.77 bits per heavy atom. The Morgan fingerprint density at radius 1 is 1.03 bits per heavy atom. The molecule has 0 aliphatic heterocycles. The van der Waals surface area contributed by atoms with E-state index in [0.717, 1.165) is 21.6 Å². The standard InChI is InChI=1S/C21H19ClN6OS/c1-12-4-7-15(10-16(12)22)25-18-17-19(24-11-23-18)27-21(30-17)26-14-8-5-13(6-9-14)20(29)28(2)3/h4-11H,1-3H3,(H2,23,24,25,26,27). The number of halogens is 1. The maximum atomic E-state index is 12.0. The number of nitrogens with one attached hydrogen (secondary N) is 2. The van der Waals surface area contributed by atoms with Crippen LogP contribution in [-0.4, -0.2) is 39.9 Å². The third kappa shape index (κ3) is 4.19. The number of rotatable bonds is 5. The molecule has 2 heterocycles. The van der Waals surface area contributed by atoms with Gasteiger partial charge in [-0.05, 0) is 48.9 Å². The van der Waals surface area contributed by atoms with Crippen molar-refractivity contribution in [3.8, 4) is 0 Å². The van der Waals surface area contributed by atoms with Crippen LogP contribution < -0.4 is 10.6 Å². The summed E-state index contributed by atoms with van der Waals surface area (Å²) in [6.45, 7) is 1.96. The zero-order valence-electron chi connectivity index (χ0n) is 16.6. The molecule has 0 aliphatic rings. The fourth-order valence-corrected chi connectivity index (χ4v) is 3.85. The molecule has 2 aromatic carbocycles. The highest BCUT2D eigenvalue weighted by molar-refractivity contribution is 7.22. The number of aryl methyl sites for hydroxylation is 1. The van der Waals surface area contributed by atoms with Gasteiger partial charge in [0.2, 0.25) is 0 Å². The van der Waals surface area contributed by atoms with Gasteiger partial charge < -0.3 is 15.5 Å². The molecule has 0 fully saturated rings. The normalized spacial score (nSPS) is 10.8. The van der Waals surface area contributed by atoms with Gasteiger partial charge in [-0.25, -0.2) is 9.97 Å². The van der Waals surface area contributed by atoms with Crippen LogP contribution >= 0.6 is 22.9 Å². The van der Waals surface area contributed by atoms with E-state index in [4.69, 9.17) is 11.6 Å². The van der Waals surface area contributed by atoms with E-state index < -0.39 is 0 Å². The van der Waals surface area contributed by atoms with E-state index in [1.54, 1.807) is 31.1 Å². The summed E-state index contributed by atoms with van der Waals surface area (Å²) in [5.74, 6) is 0.626. The number of fused-ring (bicyclic) bond motifs is 1. The topological polar surface area (TPSA) is 83.0 Å². The van der Waals surface area contributed by atoms with Crippen LogP contribution in [0.5, 0.6) is 0 Å². The van der Waals surface area contributed by atoms with Crippen LogP contribution in [0, 0.1) is 6.92 Å². The number of hydrogen-bond donors (Lipinski definition) is 2. The largest absolute Gasteiger partial charge is 0.345 e. The summed E-state index contributed by atoms with van der Waals surface area (Å²) in [6.07, 6.45) is 1.48. The number of thiazole rings is 1. The van der Waals surface area contributed by atoms with Gasteiger partial charge in [0.1, 0.15) is 11.0 Å². The molecular formula is C21H19ClN6OS. The third-order valence-electron chi connectivity index (χ3n) is 4.42. The number of nitrogens with zero attached hydrogens (tertiary/aromatic N) is 4. The van der Waals surface area contributed by atoms with Crippen molar-refractivity contribution < 1.29 is 4.79 Å². The van der Waals surface area contributed by atoms with E-state index in [9.17, 15) is 4.79 Å². The van der Waals surface area contributed by atoms with Crippen molar-refractivity contribution in [2.24, 2.45) is 0 Å². The number of aromatic nitrogens is 3. The second kappa shape index (κ2) is 8.25. The average molecular weight is 439 g/mol. The molecule has 0 saturated heterocycles. The summed E-state index contributed by atoms with van der Waals surface area (Å²) in [5, 5.41) is 7.92. The molecular weight excluding hydrogens is 420 g/mol. The minimum Gasteiger partial charge on any atom is -0.345 e. The summed E-state index contributed by atoms with van der Waals surface area (Å²) in [6, 6.07) is 13.0. The number of carbonyl (C=O) groups excluding carboxylic acids is 1. The molecule has 0 spiro atoms. The first-order valence-corrected chi connectivity index (χ1v) is 10.3. The van der Waals surface area contributed by atoms with Crippen molar-refractivity contribution in [2.75, 3.05) is 24.7 Å². The summed E-state index contributed by atoms with van der Waals surface area (Å²) in [5.41, 5.74) is 3.91. The summed E-state index contributed by atoms with van der Waals surface area (Å²) in [4.78, 5) is 26.7. The number of benzene rings is 2. The molecule has 0 aliphatic carbocycles. The molecule has 0 unspecified atom stereocenters. The van der Waals surface area contributed by atoms with Crippen molar-refractivity contribution in [3.63, 3.8) is 0 Å². The lowest BCUT2D eigenvalue weighted by Gasteiger charge is -2.10. The van der Waals surface area contributed by atoms with Gasteiger partial charge >= 0.3 is 0 Å². The lowest BCUT2D eigenvalue weighted by atomic mass is 10.2. The highest BCUT2D eigenvalue weighted by Gasteiger charge is 2.12. The van der Waals surface area contributed by atoms with Crippen LogP contribution in [0.2, 0.25) is 5.02 Å². The summed E-state index contributed by atoms with van der Waals surface area (Å²) < 4.78 is 0.830. The van der Waals surface area contributed by atoms with Gasteiger partial charge in [-0.2, -0.15) is 4.98 Å². The van der Waals surface area contributed by atoms with E-state index in [0.29, 0.717) is 27.2 Å². The molecule has 30 heavy (non-hydrogen) atoms. The zero-order valence-corrected chi connectivity index (χ0v) is 18.2. The number of hydrogen-bond acceptors (Lipinski definition) is 7. The molecule has 1 amide bonds. The minimum atomic E-state index is -0.0382. The lowest BCUT2D eigenvalue weighted by molar-refractivity contribution is 0.0827. The first-order chi connectivity index (χ1) is 14.4. The second-order valence-electron chi connectivity index (χ2n) is 6.88. The van der Waals surface area contributed by atoms with E-state index >= 15 is 0 Å². The van der Waals surface area contributed by atoms with Crippen LogP contribution in [0.3, 0.4) is 0 Å². The van der Waals surface area contributed by atoms with Crippen LogP contribution in [0.15, 0.2) is 48.8 Å². The monoisotopic (exact) mass is 438 g/mol. The second-order valence-corrected chi connectivity index (χ2v) is 8.29. The van der Waals surface area contributed by atoms with Crippen LogP contribution in [0.25, 0.3) is 10.3 Å². The first kappa shape index (κ1) is 20.1. The molecule has 4 aromatic rings. The molecule has 2 aromatic heterocycles. The van der Waals surface area contributed by atoms with Crippen LogP contribution in [-0.2, 0) is 0 Å². The molecule has 0 saturated carbocycles. The Hall–Kier alpha value is -3.23. The third-order valence-corrected chi connectivity index (χ3v) is 5.79. The minimum absolute atomic E-state index is 0.0382. The summed E-state index contributed by atoms with van der Waals surface area (Å²) in [7, 11) is 3.46. The molecule has 9 heteroatoms. The van der Waals surface area contributed by atoms with Crippen LogP contribution in [0.4, 0.5) is 22.3 Å². The average Bonchev–Trinajstić information content (AvgIpc) is 3.14. The Labute approximate surface area is 182 Å². The van der Waals surface area contributed by atoms with E-state index in [-0.39, 0.29) is 5.91 Å². The Morgan fingerprint density at radius 3 is 2.47 bits per heavy atom. The fourth-order valence-electron chi connectivity index (χ4n) is 2.78. The van der Waals surface area contributed by atoms with E-state index in [1.807, 2.05) is 37.3 Å². The molecule has 152 valence electrons. The van der Waals surface area contributed by atoms with Gasteiger partial charge in [-0.15, -0.1) is 0 Å². The number of anilines is 4. The summed E-state index contributed by atoms with van der Waals surface area (Å²) >= 11 is 7.67. The fraction of sp³-hybridized carbons (Fsp3) is 0.143. The van der Waals surface area contributed by atoms with Crippen LogP contribution in [0.1, 0.15) is 15.9 Å². The van der Waals surface area contributed by atoms with Gasteiger partial charge in [-0.3, -0.25) is 4.79 Å². The Balaban J connectivity index is 1.57. The zero-order chi connectivity index (χ0) is 21.3. The molecule has 0 bridgehead atoms. The maximum absolute atomic E-state index is 12.0. The molecule has 0 atom stereocenters. The van der Waals surface area contributed by atoms with Gasteiger partial charge in [-0.1, -0.05) is 29.0 Å². The van der Waals surface area contributed by atoms with E-state index in [2.05, 4.69) is 25.6 Å². The van der Waals surface area contributed by atoms with Gasteiger partial charge in [0.25, 0.3) is 5.91 Å². The van der Waals surface area contributed by atoms with Gasteiger partial charge in [0, 0.05) is 36.1 Å². The molecule has 0 radical (unpaired) electrons. The highest BCUT2D eigenvalue weighted by atomic mass is 35.5. The predicted octanol–water partition coefficient (Wildman–Crippen LogP) is 5.24. The quantitative estimate of drug-likeness (QED) is 0.443. The van der Waals surface area contributed by atoms with Crippen molar-refractivity contribution in [3.05, 3.63) is 64.9 Å². The highest BCUT2D eigenvalue weighted by Crippen LogP contribution is 2.33. The Bertz CT molecular complexity index is 1220. The van der Waals surface area contributed by atoms with Gasteiger partial charge in [0.15, 0.2) is 16.6 Å². The van der Waals surface area contributed by atoms with Crippen molar-refractivity contribution >= 4 is 61.5 Å². The number of carbonyl (C=O) groups is 1. The van der Waals surface area contributed by atoms with Crippen molar-refractivity contribution in [1.82, 2.24) is 19.9 Å². The smallest absolute Gasteiger partial charge is 0.253 e. The Kier molecular flexibility index (Phi) is 5.52. The molecule has 4 rings (SSSR count).